The van der Waals surface area contributed by atoms with Gasteiger partial charge in [-0.2, -0.15) is 0 Å². The maximum absolute atomic E-state index is 9.96. The van der Waals surface area contributed by atoms with E-state index < -0.39 is 0 Å². The molecule has 0 spiro atoms. The van der Waals surface area contributed by atoms with Crippen LogP contribution in [0.15, 0.2) is 24.3 Å². The molecule has 3 nitrogen and oxygen atoms in total. The van der Waals surface area contributed by atoms with Crippen molar-refractivity contribution >= 4 is 10.9 Å². The predicted molar refractivity (Wildman–Crippen MR) is 62.7 cm³/mol. The largest absolute Gasteiger partial charge is 0.496 e. The van der Waals surface area contributed by atoms with E-state index in [1.807, 2.05) is 12.1 Å². The molecule has 16 heavy (non-hydrogen) atoms. The third-order valence-electron chi connectivity index (χ3n) is 3.36. The van der Waals surface area contributed by atoms with Crippen LogP contribution < -0.4 is 4.74 Å². The predicted octanol–water partition coefficient (Wildman–Crippen LogP) is 2.48. The minimum absolute atomic E-state index is 0.328. The van der Waals surface area contributed by atoms with Crippen LogP contribution in [0.2, 0.25) is 0 Å². The standard InChI is InChI=1S/C13H15NO2/c1-16-13-6-2-4-10-9(13)8-11-12(15)5-3-7-14(10)11/h2,4,6,8,12,15H,3,5,7H2,1H3. The van der Waals surface area contributed by atoms with E-state index in [9.17, 15) is 5.11 Å². The number of aliphatic hydroxyl groups is 1. The van der Waals surface area contributed by atoms with Gasteiger partial charge in [0, 0.05) is 17.6 Å². The molecule has 1 atom stereocenters. The van der Waals surface area contributed by atoms with Crippen LogP contribution in [-0.2, 0) is 6.54 Å². The Balaban J connectivity index is 2.31. The number of aromatic nitrogens is 1. The number of methoxy groups -OCH3 is 1. The highest BCUT2D eigenvalue weighted by Gasteiger charge is 2.21. The van der Waals surface area contributed by atoms with Gasteiger partial charge < -0.3 is 14.4 Å². The van der Waals surface area contributed by atoms with E-state index in [0.29, 0.717) is 0 Å². The molecule has 1 aliphatic heterocycles. The van der Waals surface area contributed by atoms with Gasteiger partial charge in [-0.05, 0) is 31.0 Å². The molecule has 2 aromatic rings. The molecule has 0 saturated heterocycles. The van der Waals surface area contributed by atoms with E-state index in [0.717, 1.165) is 41.7 Å². The molecular formula is C13H15NO2. The van der Waals surface area contributed by atoms with Crippen molar-refractivity contribution in [3.05, 3.63) is 30.0 Å². The average Bonchev–Trinajstić information content (AvgIpc) is 2.69. The molecule has 0 amide bonds. The van der Waals surface area contributed by atoms with E-state index in [1.54, 1.807) is 7.11 Å². The summed E-state index contributed by atoms with van der Waals surface area (Å²) in [6.45, 7) is 0.989. The van der Waals surface area contributed by atoms with Gasteiger partial charge in [0.05, 0.1) is 18.7 Å². The number of benzene rings is 1. The first-order valence-corrected chi connectivity index (χ1v) is 5.65. The third-order valence-corrected chi connectivity index (χ3v) is 3.36. The smallest absolute Gasteiger partial charge is 0.128 e. The third kappa shape index (κ3) is 1.25. The maximum atomic E-state index is 9.96. The first-order chi connectivity index (χ1) is 7.81. The Kier molecular flexibility index (Phi) is 2.14. The Morgan fingerprint density at radius 3 is 3.12 bits per heavy atom. The topological polar surface area (TPSA) is 34.4 Å². The van der Waals surface area contributed by atoms with Crippen molar-refractivity contribution in [2.24, 2.45) is 0 Å². The molecular weight excluding hydrogens is 202 g/mol. The van der Waals surface area contributed by atoms with Gasteiger partial charge in [-0.25, -0.2) is 0 Å². The fourth-order valence-corrected chi connectivity index (χ4v) is 2.57. The number of nitrogens with zero attached hydrogens (tertiary/aromatic N) is 1. The highest BCUT2D eigenvalue weighted by atomic mass is 16.5. The van der Waals surface area contributed by atoms with E-state index in [4.69, 9.17) is 4.74 Å². The summed E-state index contributed by atoms with van der Waals surface area (Å²) < 4.78 is 7.55. The van der Waals surface area contributed by atoms with Crippen molar-refractivity contribution in [2.45, 2.75) is 25.5 Å². The zero-order valence-electron chi connectivity index (χ0n) is 9.31. The Morgan fingerprint density at radius 1 is 1.44 bits per heavy atom. The van der Waals surface area contributed by atoms with Crippen LogP contribution >= 0.6 is 0 Å². The summed E-state index contributed by atoms with van der Waals surface area (Å²) in [5.74, 6) is 0.881. The lowest BCUT2D eigenvalue weighted by Gasteiger charge is -2.20. The van der Waals surface area contributed by atoms with Gasteiger partial charge >= 0.3 is 0 Å². The van der Waals surface area contributed by atoms with Crippen LogP contribution in [0.5, 0.6) is 5.75 Å². The summed E-state index contributed by atoms with van der Waals surface area (Å²) in [5.41, 5.74) is 2.18. The molecule has 2 heterocycles. The van der Waals surface area contributed by atoms with Crippen molar-refractivity contribution in [1.29, 1.82) is 0 Å². The highest BCUT2D eigenvalue weighted by molar-refractivity contribution is 5.87. The summed E-state index contributed by atoms with van der Waals surface area (Å²) in [7, 11) is 1.68. The second-order valence-corrected chi connectivity index (χ2v) is 4.27. The van der Waals surface area contributed by atoms with Crippen LogP contribution in [0.3, 0.4) is 0 Å². The van der Waals surface area contributed by atoms with Crippen molar-refractivity contribution in [3.8, 4) is 5.75 Å². The van der Waals surface area contributed by atoms with E-state index in [1.165, 1.54) is 0 Å². The van der Waals surface area contributed by atoms with Crippen LogP contribution in [0.1, 0.15) is 24.6 Å². The number of aryl methyl sites for hydroxylation is 1. The number of aliphatic hydroxyl groups excluding tert-OH is 1. The monoisotopic (exact) mass is 217 g/mol. The average molecular weight is 217 g/mol. The summed E-state index contributed by atoms with van der Waals surface area (Å²) in [6.07, 6.45) is 1.57. The minimum atomic E-state index is -0.328. The van der Waals surface area contributed by atoms with Crippen LogP contribution in [-0.4, -0.2) is 16.8 Å². The van der Waals surface area contributed by atoms with Crippen molar-refractivity contribution < 1.29 is 9.84 Å². The van der Waals surface area contributed by atoms with Gasteiger partial charge in [-0.15, -0.1) is 0 Å². The molecule has 3 rings (SSSR count). The molecule has 1 unspecified atom stereocenters. The Morgan fingerprint density at radius 2 is 2.31 bits per heavy atom. The quantitative estimate of drug-likeness (QED) is 0.796. The van der Waals surface area contributed by atoms with E-state index >= 15 is 0 Å². The van der Waals surface area contributed by atoms with Crippen LogP contribution in [0.4, 0.5) is 0 Å². The normalized spacial score (nSPS) is 19.8. The molecule has 0 saturated carbocycles. The van der Waals surface area contributed by atoms with E-state index in [2.05, 4.69) is 16.7 Å². The van der Waals surface area contributed by atoms with Crippen LogP contribution in [0, 0.1) is 0 Å². The molecule has 1 aromatic heterocycles. The fourth-order valence-electron chi connectivity index (χ4n) is 2.57. The van der Waals surface area contributed by atoms with Gasteiger partial charge in [-0.1, -0.05) is 6.07 Å². The Bertz CT molecular complexity index is 530. The molecule has 0 bridgehead atoms. The number of ether oxygens (including phenoxy) is 1. The lowest BCUT2D eigenvalue weighted by Crippen LogP contribution is -2.14. The molecule has 3 heteroatoms. The molecule has 1 aliphatic rings. The van der Waals surface area contributed by atoms with Gasteiger partial charge in [-0.3, -0.25) is 0 Å². The van der Waals surface area contributed by atoms with E-state index in [-0.39, 0.29) is 6.10 Å². The zero-order valence-corrected chi connectivity index (χ0v) is 9.31. The number of rotatable bonds is 1. The van der Waals surface area contributed by atoms with Crippen molar-refractivity contribution in [3.63, 3.8) is 0 Å². The van der Waals surface area contributed by atoms with Crippen molar-refractivity contribution in [1.82, 2.24) is 4.57 Å². The first kappa shape index (κ1) is 9.73. The molecule has 0 radical (unpaired) electrons. The van der Waals surface area contributed by atoms with Gasteiger partial charge in [0.1, 0.15) is 5.75 Å². The molecule has 0 aliphatic carbocycles. The van der Waals surface area contributed by atoms with Gasteiger partial charge in [0.25, 0.3) is 0 Å². The molecule has 1 N–H and O–H groups in total. The lowest BCUT2D eigenvalue weighted by atomic mass is 10.1. The Labute approximate surface area is 94.3 Å². The van der Waals surface area contributed by atoms with Crippen LogP contribution in [0.25, 0.3) is 10.9 Å². The second-order valence-electron chi connectivity index (χ2n) is 4.27. The second kappa shape index (κ2) is 3.52. The zero-order chi connectivity index (χ0) is 11.1. The van der Waals surface area contributed by atoms with Gasteiger partial charge in [0.15, 0.2) is 0 Å². The first-order valence-electron chi connectivity index (χ1n) is 5.65. The summed E-state index contributed by atoms with van der Waals surface area (Å²) in [4.78, 5) is 0. The number of hydrogen-bond donors (Lipinski definition) is 1. The van der Waals surface area contributed by atoms with Crippen molar-refractivity contribution in [2.75, 3.05) is 7.11 Å². The molecule has 1 aromatic carbocycles. The maximum Gasteiger partial charge on any atom is 0.128 e. The lowest BCUT2D eigenvalue weighted by molar-refractivity contribution is 0.140. The Hall–Kier alpha value is -1.48. The summed E-state index contributed by atoms with van der Waals surface area (Å²) in [5, 5.41) is 11.1. The molecule has 0 fully saturated rings. The highest BCUT2D eigenvalue weighted by Crippen LogP contribution is 2.35. The number of hydrogen-bond acceptors (Lipinski definition) is 2. The summed E-state index contributed by atoms with van der Waals surface area (Å²) >= 11 is 0. The van der Waals surface area contributed by atoms with Gasteiger partial charge in [0.2, 0.25) is 0 Å². The molecule has 84 valence electrons. The number of fused-ring (bicyclic) bond motifs is 3. The SMILES string of the molecule is COc1cccc2c1cc1n2CCCC1O. The minimum Gasteiger partial charge on any atom is -0.496 e. The fraction of sp³-hybridized carbons (Fsp3) is 0.385. The summed E-state index contributed by atoms with van der Waals surface area (Å²) in [6, 6.07) is 8.09.